The van der Waals surface area contributed by atoms with Crippen LogP contribution in [0, 0.1) is 6.92 Å². The SMILES string of the molecule is COc1cc(C(CC(=O)NCCn2ccc3cc(Br)ccc32)c2oc(C)cc(=O)c2O)ccc1O. The number of hydrogen-bond acceptors (Lipinski definition) is 6. The highest BCUT2D eigenvalue weighted by Gasteiger charge is 2.26. The molecule has 2 aromatic heterocycles. The quantitative estimate of drug-likeness (QED) is 0.304. The minimum atomic E-state index is -0.776. The highest BCUT2D eigenvalue weighted by atomic mass is 79.9. The van der Waals surface area contributed by atoms with E-state index in [0.717, 1.165) is 15.4 Å². The number of methoxy groups -OCH3 is 1. The maximum atomic E-state index is 12.9. The van der Waals surface area contributed by atoms with Gasteiger partial charge in [-0.25, -0.2) is 0 Å². The Morgan fingerprint density at radius 3 is 2.74 bits per heavy atom. The van der Waals surface area contributed by atoms with E-state index in [4.69, 9.17) is 9.15 Å². The predicted octanol–water partition coefficient (Wildman–Crippen LogP) is 4.42. The molecular formula is C26H25BrN2O6. The Kier molecular flexibility index (Phi) is 7.16. The van der Waals surface area contributed by atoms with Crippen LogP contribution in [0.4, 0.5) is 0 Å². The highest BCUT2D eigenvalue weighted by Crippen LogP contribution is 2.37. The number of phenolic OH excluding ortho intramolecular Hbond substituents is 1. The molecule has 1 atom stereocenters. The Balaban J connectivity index is 1.55. The molecule has 182 valence electrons. The number of phenols is 1. The fraction of sp³-hybridized carbons (Fsp3) is 0.231. The minimum Gasteiger partial charge on any atom is -0.504 e. The third-order valence-corrected chi connectivity index (χ3v) is 6.29. The molecule has 0 bridgehead atoms. The summed E-state index contributed by atoms with van der Waals surface area (Å²) in [6, 6.07) is 13.8. The van der Waals surface area contributed by atoms with Crippen molar-refractivity contribution >= 4 is 32.7 Å². The van der Waals surface area contributed by atoms with Gasteiger partial charge in [-0.2, -0.15) is 0 Å². The molecule has 3 N–H and O–H groups in total. The van der Waals surface area contributed by atoms with E-state index in [1.54, 1.807) is 19.1 Å². The van der Waals surface area contributed by atoms with Crippen molar-refractivity contribution in [3.8, 4) is 17.2 Å². The van der Waals surface area contributed by atoms with Crippen LogP contribution in [0.25, 0.3) is 10.9 Å². The molecule has 0 saturated heterocycles. The summed E-state index contributed by atoms with van der Waals surface area (Å²) in [6.45, 7) is 2.55. The first-order chi connectivity index (χ1) is 16.8. The van der Waals surface area contributed by atoms with Crippen molar-refractivity contribution in [1.29, 1.82) is 0 Å². The number of benzene rings is 2. The molecule has 0 spiro atoms. The first-order valence-corrected chi connectivity index (χ1v) is 11.8. The number of rotatable bonds is 8. The smallest absolute Gasteiger partial charge is 0.227 e. The number of carbonyl (C=O) groups excluding carboxylic acids is 1. The zero-order valence-electron chi connectivity index (χ0n) is 19.2. The summed E-state index contributed by atoms with van der Waals surface area (Å²) >= 11 is 3.47. The second-order valence-electron chi connectivity index (χ2n) is 8.18. The van der Waals surface area contributed by atoms with Crippen LogP contribution < -0.4 is 15.5 Å². The van der Waals surface area contributed by atoms with Gasteiger partial charge in [0.1, 0.15) is 5.76 Å². The second kappa shape index (κ2) is 10.3. The van der Waals surface area contributed by atoms with Crippen molar-refractivity contribution in [2.24, 2.45) is 0 Å². The average molecular weight is 541 g/mol. The van der Waals surface area contributed by atoms with Gasteiger partial charge < -0.3 is 29.3 Å². The third kappa shape index (κ3) is 5.35. The van der Waals surface area contributed by atoms with Crippen LogP contribution in [0.3, 0.4) is 0 Å². The number of hydrogen-bond donors (Lipinski definition) is 3. The summed E-state index contributed by atoms with van der Waals surface area (Å²) in [7, 11) is 1.41. The van der Waals surface area contributed by atoms with E-state index in [9.17, 15) is 19.8 Å². The number of aromatic hydroxyl groups is 2. The van der Waals surface area contributed by atoms with Gasteiger partial charge in [0, 0.05) is 47.1 Å². The molecule has 4 rings (SSSR count). The summed E-state index contributed by atoms with van der Waals surface area (Å²) in [5.41, 5.74) is 1.01. The van der Waals surface area contributed by atoms with Crippen LogP contribution >= 0.6 is 15.9 Å². The number of aryl methyl sites for hydroxylation is 1. The molecule has 1 amide bonds. The molecule has 1 unspecified atom stereocenters. The Morgan fingerprint density at radius 1 is 1.17 bits per heavy atom. The van der Waals surface area contributed by atoms with Gasteiger partial charge in [0.25, 0.3) is 0 Å². The Bertz CT molecular complexity index is 1440. The largest absolute Gasteiger partial charge is 0.504 e. The normalized spacial score (nSPS) is 12.0. The predicted molar refractivity (Wildman–Crippen MR) is 135 cm³/mol. The maximum absolute atomic E-state index is 12.9. The molecule has 4 aromatic rings. The van der Waals surface area contributed by atoms with Crippen molar-refractivity contribution < 1.29 is 24.2 Å². The average Bonchev–Trinajstić information content (AvgIpc) is 3.22. The van der Waals surface area contributed by atoms with Crippen LogP contribution in [0.5, 0.6) is 17.2 Å². The first-order valence-electron chi connectivity index (χ1n) is 11.0. The third-order valence-electron chi connectivity index (χ3n) is 5.79. The van der Waals surface area contributed by atoms with E-state index in [1.807, 2.05) is 30.5 Å². The van der Waals surface area contributed by atoms with Crippen molar-refractivity contribution in [1.82, 2.24) is 9.88 Å². The first kappa shape index (κ1) is 24.4. The summed E-state index contributed by atoms with van der Waals surface area (Å²) in [4.78, 5) is 25.1. The molecule has 2 heterocycles. The van der Waals surface area contributed by atoms with Crippen LogP contribution in [0.15, 0.2) is 68.4 Å². The van der Waals surface area contributed by atoms with E-state index < -0.39 is 17.1 Å². The lowest BCUT2D eigenvalue weighted by Gasteiger charge is -2.19. The van der Waals surface area contributed by atoms with Crippen LogP contribution in [0.1, 0.15) is 29.4 Å². The van der Waals surface area contributed by atoms with Crippen molar-refractivity contribution in [3.05, 3.63) is 86.5 Å². The van der Waals surface area contributed by atoms with Crippen LogP contribution in [0.2, 0.25) is 0 Å². The Morgan fingerprint density at radius 2 is 1.97 bits per heavy atom. The molecule has 2 aromatic carbocycles. The molecule has 0 fully saturated rings. The zero-order chi connectivity index (χ0) is 25.1. The summed E-state index contributed by atoms with van der Waals surface area (Å²) < 4.78 is 13.9. The zero-order valence-corrected chi connectivity index (χ0v) is 20.8. The monoisotopic (exact) mass is 540 g/mol. The molecule has 0 radical (unpaired) electrons. The summed E-state index contributed by atoms with van der Waals surface area (Å²) in [5, 5.41) is 24.4. The lowest BCUT2D eigenvalue weighted by molar-refractivity contribution is -0.121. The van der Waals surface area contributed by atoms with E-state index in [1.165, 1.54) is 19.2 Å². The lowest BCUT2D eigenvalue weighted by atomic mass is 9.91. The molecule has 35 heavy (non-hydrogen) atoms. The Hall–Kier alpha value is -3.72. The number of nitrogens with zero attached hydrogens (tertiary/aromatic N) is 1. The van der Waals surface area contributed by atoms with E-state index in [2.05, 4.69) is 25.8 Å². The van der Waals surface area contributed by atoms with E-state index >= 15 is 0 Å². The van der Waals surface area contributed by atoms with Gasteiger partial charge in [-0.15, -0.1) is 0 Å². The summed E-state index contributed by atoms with van der Waals surface area (Å²) in [5.74, 6) is -1.18. The number of nitrogens with one attached hydrogen (secondary N) is 1. The van der Waals surface area contributed by atoms with Gasteiger partial charge in [-0.05, 0) is 48.9 Å². The van der Waals surface area contributed by atoms with E-state index in [-0.39, 0.29) is 29.6 Å². The number of halogens is 1. The van der Waals surface area contributed by atoms with Gasteiger partial charge in [0.2, 0.25) is 17.1 Å². The number of amides is 1. The standard InChI is InChI=1S/C26H25BrN2O6/c1-15-11-22(31)25(33)26(35-15)19(16-3-6-21(30)23(13-16)34-2)14-24(32)28-8-10-29-9-7-17-12-18(27)4-5-20(17)29/h3-7,9,11-13,19,30,33H,8,10,14H2,1-2H3,(H,28,32). The summed E-state index contributed by atoms with van der Waals surface area (Å²) in [6.07, 6.45) is 1.88. The molecule has 0 aliphatic heterocycles. The number of carbonyl (C=O) groups is 1. The number of ether oxygens (including phenoxy) is 1. The van der Waals surface area contributed by atoms with Gasteiger partial charge >= 0.3 is 0 Å². The topological polar surface area (TPSA) is 114 Å². The number of fused-ring (bicyclic) bond motifs is 1. The molecule has 0 aliphatic carbocycles. The molecule has 0 aliphatic rings. The van der Waals surface area contributed by atoms with E-state index in [0.29, 0.717) is 24.4 Å². The fourth-order valence-corrected chi connectivity index (χ4v) is 4.45. The fourth-order valence-electron chi connectivity index (χ4n) is 4.07. The van der Waals surface area contributed by atoms with Crippen molar-refractivity contribution in [2.45, 2.75) is 25.8 Å². The lowest BCUT2D eigenvalue weighted by Crippen LogP contribution is -2.28. The molecule has 8 nitrogen and oxygen atoms in total. The van der Waals surface area contributed by atoms with Gasteiger partial charge in [-0.1, -0.05) is 22.0 Å². The highest BCUT2D eigenvalue weighted by molar-refractivity contribution is 9.10. The van der Waals surface area contributed by atoms with Crippen LogP contribution in [-0.2, 0) is 11.3 Å². The Labute approximate surface area is 209 Å². The molecule has 9 heteroatoms. The van der Waals surface area contributed by atoms with Crippen molar-refractivity contribution in [3.63, 3.8) is 0 Å². The van der Waals surface area contributed by atoms with Gasteiger partial charge in [-0.3, -0.25) is 9.59 Å². The number of aromatic nitrogens is 1. The molecule has 0 saturated carbocycles. The van der Waals surface area contributed by atoms with Crippen LogP contribution in [-0.4, -0.2) is 34.3 Å². The van der Waals surface area contributed by atoms with Gasteiger partial charge in [0.05, 0.1) is 13.0 Å². The second-order valence-corrected chi connectivity index (χ2v) is 9.10. The maximum Gasteiger partial charge on any atom is 0.227 e. The van der Waals surface area contributed by atoms with Gasteiger partial charge in [0.15, 0.2) is 17.3 Å². The van der Waals surface area contributed by atoms with Crippen molar-refractivity contribution in [2.75, 3.05) is 13.7 Å². The minimum absolute atomic E-state index is 0.0140. The molecular weight excluding hydrogens is 516 g/mol.